The minimum Gasteiger partial charge on any atom is -0.356 e. The summed E-state index contributed by atoms with van der Waals surface area (Å²) in [5.41, 5.74) is 2.66. The molecule has 104 valence electrons. The first-order valence-corrected chi connectivity index (χ1v) is 8.50. The number of piperidine rings is 1. The van der Waals surface area contributed by atoms with E-state index in [1.165, 1.54) is 36.3 Å². The molecule has 0 spiro atoms. The van der Waals surface area contributed by atoms with E-state index < -0.39 is 0 Å². The zero-order valence-electron chi connectivity index (χ0n) is 11.6. The van der Waals surface area contributed by atoms with Crippen LogP contribution in [0, 0.1) is 0 Å². The number of thioether (sulfide) groups is 1. The lowest BCUT2D eigenvalue weighted by atomic mass is 10.1. The van der Waals surface area contributed by atoms with Crippen molar-refractivity contribution in [3.63, 3.8) is 0 Å². The Bertz CT molecular complexity index is 443. The van der Waals surface area contributed by atoms with Crippen LogP contribution in [0.1, 0.15) is 30.5 Å². The number of nitrogens with one attached hydrogen (secondary N) is 1. The van der Waals surface area contributed by atoms with Crippen molar-refractivity contribution in [1.82, 2.24) is 15.3 Å². The molecule has 0 amide bonds. The fourth-order valence-corrected chi connectivity index (χ4v) is 3.34. The zero-order chi connectivity index (χ0) is 13.1. The molecule has 1 fully saturated rings. The molecule has 3 heterocycles. The summed E-state index contributed by atoms with van der Waals surface area (Å²) in [6, 6.07) is 0. The summed E-state index contributed by atoms with van der Waals surface area (Å²) in [5.74, 6) is 1.22. The van der Waals surface area contributed by atoms with Gasteiger partial charge >= 0.3 is 0 Å². The summed E-state index contributed by atoms with van der Waals surface area (Å²) >= 11 is 1.66. The molecule has 0 bridgehead atoms. The smallest absolute Gasteiger partial charge is 0.189 e. The minimum atomic E-state index is 0.932. The molecular formula is C14H22N4S. The third-order valence-corrected chi connectivity index (χ3v) is 4.53. The zero-order valence-corrected chi connectivity index (χ0v) is 12.4. The van der Waals surface area contributed by atoms with Gasteiger partial charge in [-0.2, -0.15) is 0 Å². The maximum absolute atomic E-state index is 4.82. The molecule has 0 saturated carbocycles. The Kier molecular flexibility index (Phi) is 4.23. The number of aromatic nitrogens is 2. The summed E-state index contributed by atoms with van der Waals surface area (Å²) in [5, 5.41) is 4.40. The molecule has 0 atom stereocenters. The van der Waals surface area contributed by atoms with Crippen molar-refractivity contribution >= 4 is 17.6 Å². The first-order valence-electron chi connectivity index (χ1n) is 7.28. The molecule has 0 aromatic carbocycles. The van der Waals surface area contributed by atoms with Gasteiger partial charge in [-0.3, -0.25) is 0 Å². The predicted octanol–water partition coefficient (Wildman–Crippen LogP) is 1.88. The Hall–Kier alpha value is -0.810. The van der Waals surface area contributed by atoms with Gasteiger partial charge in [-0.1, -0.05) is 11.8 Å². The lowest BCUT2D eigenvalue weighted by molar-refractivity contribution is 0.568. The Morgan fingerprint density at radius 1 is 1.05 bits per heavy atom. The molecule has 0 radical (unpaired) electrons. The third-order valence-electron chi connectivity index (χ3n) is 3.98. The van der Waals surface area contributed by atoms with Crippen molar-refractivity contribution in [2.24, 2.45) is 0 Å². The van der Waals surface area contributed by atoms with Crippen LogP contribution >= 0.6 is 11.8 Å². The van der Waals surface area contributed by atoms with E-state index >= 15 is 0 Å². The quantitative estimate of drug-likeness (QED) is 0.661. The first kappa shape index (κ1) is 13.2. The highest BCUT2D eigenvalue weighted by molar-refractivity contribution is 7.98. The molecule has 0 aliphatic carbocycles. The average molecular weight is 278 g/mol. The monoisotopic (exact) mass is 278 g/mol. The molecule has 1 aromatic heterocycles. The van der Waals surface area contributed by atoms with Crippen LogP contribution < -0.4 is 10.2 Å². The van der Waals surface area contributed by atoms with Crippen LogP contribution in [-0.4, -0.2) is 42.4 Å². The molecule has 1 aromatic rings. The lowest BCUT2D eigenvalue weighted by Gasteiger charge is -2.30. The maximum atomic E-state index is 4.82. The summed E-state index contributed by atoms with van der Waals surface area (Å²) in [6.45, 7) is 4.41. The van der Waals surface area contributed by atoms with Crippen molar-refractivity contribution in [1.29, 1.82) is 0 Å². The fourth-order valence-electron chi connectivity index (χ4n) is 2.96. The second-order valence-corrected chi connectivity index (χ2v) is 6.03. The van der Waals surface area contributed by atoms with E-state index in [0.29, 0.717) is 0 Å². The largest absolute Gasteiger partial charge is 0.356 e. The van der Waals surface area contributed by atoms with E-state index in [4.69, 9.17) is 9.97 Å². The normalized spacial score (nSPS) is 19.9. The van der Waals surface area contributed by atoms with Crippen LogP contribution in [0.2, 0.25) is 0 Å². The molecule has 3 rings (SSSR count). The number of nitrogens with zero attached hydrogens (tertiary/aromatic N) is 3. The fraction of sp³-hybridized carbons (Fsp3) is 0.714. The van der Waals surface area contributed by atoms with E-state index in [2.05, 4.69) is 16.5 Å². The topological polar surface area (TPSA) is 41.1 Å². The molecule has 1 N–H and O–H groups in total. The van der Waals surface area contributed by atoms with Crippen molar-refractivity contribution in [2.75, 3.05) is 37.3 Å². The van der Waals surface area contributed by atoms with Gasteiger partial charge in [0.1, 0.15) is 5.82 Å². The van der Waals surface area contributed by atoms with Crippen molar-refractivity contribution < 1.29 is 0 Å². The molecule has 1 saturated heterocycles. The van der Waals surface area contributed by atoms with Crippen LogP contribution in [0.5, 0.6) is 0 Å². The van der Waals surface area contributed by atoms with Crippen LogP contribution in [0.15, 0.2) is 5.16 Å². The average Bonchev–Trinajstić information content (AvgIpc) is 2.72. The number of hydrogen-bond acceptors (Lipinski definition) is 5. The number of hydrogen-bond donors (Lipinski definition) is 1. The van der Waals surface area contributed by atoms with Crippen molar-refractivity contribution in [3.05, 3.63) is 11.3 Å². The minimum absolute atomic E-state index is 0.932. The third kappa shape index (κ3) is 2.87. The Morgan fingerprint density at radius 2 is 1.84 bits per heavy atom. The molecule has 0 unspecified atom stereocenters. The van der Waals surface area contributed by atoms with Gasteiger partial charge in [0.2, 0.25) is 0 Å². The molecule has 4 nitrogen and oxygen atoms in total. The molecule has 2 aliphatic rings. The van der Waals surface area contributed by atoms with Crippen LogP contribution in [0.4, 0.5) is 5.82 Å². The van der Waals surface area contributed by atoms with E-state index in [0.717, 1.165) is 44.2 Å². The summed E-state index contributed by atoms with van der Waals surface area (Å²) < 4.78 is 0. The van der Waals surface area contributed by atoms with E-state index in [1.54, 1.807) is 11.8 Å². The summed E-state index contributed by atoms with van der Waals surface area (Å²) in [7, 11) is 0. The van der Waals surface area contributed by atoms with E-state index in [-0.39, 0.29) is 0 Å². The highest BCUT2D eigenvalue weighted by Gasteiger charge is 2.21. The molecule has 19 heavy (non-hydrogen) atoms. The van der Waals surface area contributed by atoms with Gasteiger partial charge in [0, 0.05) is 31.6 Å². The van der Waals surface area contributed by atoms with Gasteiger partial charge in [0.25, 0.3) is 0 Å². The van der Waals surface area contributed by atoms with Gasteiger partial charge in [-0.15, -0.1) is 0 Å². The van der Waals surface area contributed by atoms with Gasteiger partial charge in [0.05, 0.1) is 5.69 Å². The van der Waals surface area contributed by atoms with Crippen LogP contribution in [0.3, 0.4) is 0 Å². The number of fused-ring (bicyclic) bond motifs is 1. The van der Waals surface area contributed by atoms with Crippen LogP contribution in [0.25, 0.3) is 0 Å². The van der Waals surface area contributed by atoms with Gasteiger partial charge < -0.3 is 10.2 Å². The summed E-state index contributed by atoms with van der Waals surface area (Å²) in [4.78, 5) is 12.0. The second-order valence-electron chi connectivity index (χ2n) is 5.26. The molecule has 5 heteroatoms. The first-order chi connectivity index (χ1) is 9.38. The highest BCUT2D eigenvalue weighted by Crippen LogP contribution is 2.28. The van der Waals surface area contributed by atoms with Crippen LogP contribution in [-0.2, 0) is 12.8 Å². The highest BCUT2D eigenvalue weighted by atomic mass is 32.2. The van der Waals surface area contributed by atoms with Gasteiger partial charge in [-0.05, 0) is 38.5 Å². The van der Waals surface area contributed by atoms with E-state index in [9.17, 15) is 0 Å². The van der Waals surface area contributed by atoms with Gasteiger partial charge in [-0.25, -0.2) is 9.97 Å². The van der Waals surface area contributed by atoms with Crippen molar-refractivity contribution in [2.45, 2.75) is 37.3 Å². The predicted molar refractivity (Wildman–Crippen MR) is 80.2 cm³/mol. The van der Waals surface area contributed by atoms with E-state index in [1.807, 2.05) is 0 Å². The second kappa shape index (κ2) is 6.09. The molecular weight excluding hydrogens is 256 g/mol. The summed E-state index contributed by atoms with van der Waals surface area (Å²) in [6.07, 6.45) is 8.12. The Labute approximate surface area is 119 Å². The standard InChI is InChI=1S/C14H22N4S/c1-19-14-16-12-6-8-15-7-5-11(12)13(17-14)18-9-3-2-4-10-18/h15H,2-10H2,1H3. The Morgan fingerprint density at radius 3 is 2.63 bits per heavy atom. The van der Waals surface area contributed by atoms with Gasteiger partial charge in [0.15, 0.2) is 5.16 Å². The SMILES string of the molecule is CSc1nc2c(c(N3CCCCC3)n1)CCNCC2. The number of rotatable bonds is 2. The molecule has 2 aliphatic heterocycles. The Balaban J connectivity index is 1.99. The van der Waals surface area contributed by atoms with Crippen molar-refractivity contribution in [3.8, 4) is 0 Å². The number of anilines is 1. The maximum Gasteiger partial charge on any atom is 0.189 e. The lowest BCUT2D eigenvalue weighted by Crippen LogP contribution is -2.32.